The van der Waals surface area contributed by atoms with Gasteiger partial charge in [0.2, 0.25) is 5.91 Å². The Kier molecular flexibility index (Phi) is 12.5. The molecule has 0 aromatic rings. The van der Waals surface area contributed by atoms with E-state index in [1.807, 2.05) is 0 Å². The number of amides is 1. The molecule has 11 heteroatoms. The van der Waals surface area contributed by atoms with Crippen LogP contribution in [0.4, 0.5) is 0 Å². The van der Waals surface area contributed by atoms with Crippen molar-refractivity contribution >= 4 is 17.8 Å². The Bertz CT molecular complexity index is 422. The normalized spacial score (nSPS) is 13.4. The van der Waals surface area contributed by atoms with Crippen LogP contribution in [0.1, 0.15) is 6.42 Å². The molecule has 0 aliphatic heterocycles. The number of aliphatic hydroxyl groups excluding tert-OH is 2. The molecule has 0 spiro atoms. The molecule has 0 aliphatic rings. The quantitative estimate of drug-likeness (QED) is 0.145. The van der Waals surface area contributed by atoms with Crippen molar-refractivity contribution in [3.8, 4) is 0 Å². The van der Waals surface area contributed by atoms with Gasteiger partial charge in [-0.2, -0.15) is 0 Å². The minimum atomic E-state index is -1.13. The number of likely N-dealkylation sites (N-methyl/N-ethyl adjacent to an activating group) is 1. The molecule has 0 fully saturated rings. The van der Waals surface area contributed by atoms with Crippen LogP contribution >= 0.6 is 0 Å². The van der Waals surface area contributed by atoms with Crippen LogP contribution in [0.15, 0.2) is 0 Å². The van der Waals surface area contributed by atoms with Crippen LogP contribution in [-0.4, -0.2) is 108 Å². The fraction of sp³-hybridized carbons (Fsp3) is 0.786. The van der Waals surface area contributed by atoms with E-state index in [2.05, 4.69) is 16.0 Å². The van der Waals surface area contributed by atoms with E-state index in [0.717, 1.165) is 0 Å². The van der Waals surface area contributed by atoms with Crippen molar-refractivity contribution in [3.05, 3.63) is 0 Å². The van der Waals surface area contributed by atoms with Gasteiger partial charge in [-0.3, -0.25) is 19.3 Å². The first-order valence-corrected chi connectivity index (χ1v) is 7.91. The van der Waals surface area contributed by atoms with Crippen LogP contribution in [-0.2, 0) is 14.4 Å². The Morgan fingerprint density at radius 2 is 1.68 bits per heavy atom. The third-order valence-corrected chi connectivity index (χ3v) is 3.36. The van der Waals surface area contributed by atoms with Crippen LogP contribution in [0.5, 0.6) is 0 Å². The van der Waals surface area contributed by atoms with E-state index in [4.69, 9.17) is 15.3 Å². The summed E-state index contributed by atoms with van der Waals surface area (Å²) in [7, 11) is 1.41. The lowest BCUT2D eigenvalue weighted by Crippen LogP contribution is -2.51. The third kappa shape index (κ3) is 11.4. The largest absolute Gasteiger partial charge is 0.480 e. The molecule has 0 aliphatic carbocycles. The van der Waals surface area contributed by atoms with Gasteiger partial charge in [-0.05, 0) is 0 Å². The van der Waals surface area contributed by atoms with Crippen LogP contribution < -0.4 is 16.0 Å². The van der Waals surface area contributed by atoms with Crippen molar-refractivity contribution in [1.29, 1.82) is 0 Å². The number of carboxylic acid groups (broad SMARTS) is 2. The smallest absolute Gasteiger partial charge is 0.317 e. The van der Waals surface area contributed by atoms with Gasteiger partial charge in [-0.1, -0.05) is 0 Å². The highest BCUT2D eigenvalue weighted by Gasteiger charge is 2.28. The number of nitrogens with zero attached hydrogens (tertiary/aromatic N) is 1. The Labute approximate surface area is 146 Å². The first kappa shape index (κ1) is 23.2. The molecule has 0 radical (unpaired) electrons. The van der Waals surface area contributed by atoms with E-state index in [9.17, 15) is 19.5 Å². The molecule has 0 aromatic carbocycles. The standard InChI is InChI=1S/C14H28N4O7/c1-15-14(25)11(6-10(20)9-19)18(8-13(23)24)5-4-16-2-3-17-7-12(21)22/h10-11,16-17,19-20H,2-9H2,1H3,(H,15,25)(H,21,22)(H,23,24). The number of nitrogens with one attached hydrogen (secondary N) is 3. The van der Waals surface area contributed by atoms with Gasteiger partial charge in [0.1, 0.15) is 0 Å². The molecule has 2 unspecified atom stereocenters. The number of aliphatic carboxylic acids is 2. The molecule has 0 saturated carbocycles. The van der Waals surface area contributed by atoms with Gasteiger partial charge in [0.05, 0.1) is 31.8 Å². The minimum Gasteiger partial charge on any atom is -0.480 e. The van der Waals surface area contributed by atoms with Gasteiger partial charge in [0.15, 0.2) is 0 Å². The van der Waals surface area contributed by atoms with Crippen molar-refractivity contribution in [1.82, 2.24) is 20.9 Å². The molecule has 146 valence electrons. The molecule has 0 rings (SSSR count). The molecule has 1 amide bonds. The van der Waals surface area contributed by atoms with Crippen LogP contribution in [0.25, 0.3) is 0 Å². The fourth-order valence-electron chi connectivity index (χ4n) is 2.16. The average Bonchev–Trinajstić information content (AvgIpc) is 2.56. The SMILES string of the molecule is CNC(=O)C(CC(O)CO)N(CCNCCNCC(=O)O)CC(=O)O. The summed E-state index contributed by atoms with van der Waals surface area (Å²) in [5.74, 6) is -2.52. The number of hydrogen-bond donors (Lipinski definition) is 7. The zero-order chi connectivity index (χ0) is 19.2. The monoisotopic (exact) mass is 364 g/mol. The summed E-state index contributed by atoms with van der Waals surface area (Å²) in [6.45, 7) is 0.416. The van der Waals surface area contributed by atoms with Gasteiger partial charge in [0, 0.05) is 39.6 Å². The van der Waals surface area contributed by atoms with E-state index in [0.29, 0.717) is 19.6 Å². The molecule has 25 heavy (non-hydrogen) atoms. The topological polar surface area (TPSA) is 171 Å². The maximum absolute atomic E-state index is 12.0. The average molecular weight is 364 g/mol. The predicted octanol–water partition coefficient (Wildman–Crippen LogP) is -3.51. The van der Waals surface area contributed by atoms with E-state index < -0.39 is 43.1 Å². The first-order valence-electron chi connectivity index (χ1n) is 7.91. The highest BCUT2D eigenvalue weighted by atomic mass is 16.4. The lowest BCUT2D eigenvalue weighted by Gasteiger charge is -2.30. The molecule has 2 atom stereocenters. The predicted molar refractivity (Wildman–Crippen MR) is 88.1 cm³/mol. The highest BCUT2D eigenvalue weighted by molar-refractivity contribution is 5.82. The Hall–Kier alpha value is -1.79. The van der Waals surface area contributed by atoms with E-state index in [-0.39, 0.29) is 19.5 Å². The van der Waals surface area contributed by atoms with Crippen molar-refractivity contribution in [2.24, 2.45) is 0 Å². The molecule has 0 aromatic heterocycles. The first-order chi connectivity index (χ1) is 11.8. The summed E-state index contributed by atoms with van der Waals surface area (Å²) in [6, 6.07) is -0.893. The lowest BCUT2D eigenvalue weighted by molar-refractivity contribution is -0.140. The van der Waals surface area contributed by atoms with Gasteiger partial charge in [-0.15, -0.1) is 0 Å². The molecule has 0 bridgehead atoms. The molecule has 0 saturated heterocycles. The summed E-state index contributed by atoms with van der Waals surface area (Å²) in [5, 5.41) is 44.2. The highest BCUT2D eigenvalue weighted by Crippen LogP contribution is 2.08. The maximum atomic E-state index is 12.0. The summed E-state index contributed by atoms with van der Waals surface area (Å²) in [5.41, 5.74) is 0. The molecule has 0 heterocycles. The Morgan fingerprint density at radius 3 is 2.20 bits per heavy atom. The van der Waals surface area contributed by atoms with Gasteiger partial charge in [0.25, 0.3) is 0 Å². The molecular formula is C14H28N4O7. The van der Waals surface area contributed by atoms with Crippen LogP contribution in [0.2, 0.25) is 0 Å². The molecular weight excluding hydrogens is 336 g/mol. The van der Waals surface area contributed by atoms with Crippen LogP contribution in [0.3, 0.4) is 0 Å². The maximum Gasteiger partial charge on any atom is 0.317 e. The summed E-state index contributed by atoms with van der Waals surface area (Å²) < 4.78 is 0. The molecule has 11 nitrogen and oxygen atoms in total. The summed E-state index contributed by atoms with van der Waals surface area (Å²) in [6.07, 6.45) is -1.23. The third-order valence-electron chi connectivity index (χ3n) is 3.36. The van der Waals surface area contributed by atoms with Crippen molar-refractivity contribution < 1.29 is 34.8 Å². The van der Waals surface area contributed by atoms with E-state index in [1.165, 1.54) is 11.9 Å². The Balaban J connectivity index is 4.54. The number of aliphatic hydroxyl groups is 2. The second kappa shape index (κ2) is 13.5. The van der Waals surface area contributed by atoms with Gasteiger partial charge in [-0.25, -0.2) is 0 Å². The number of rotatable bonds is 15. The number of carbonyl (C=O) groups is 3. The van der Waals surface area contributed by atoms with Gasteiger partial charge < -0.3 is 36.4 Å². The second-order valence-corrected chi connectivity index (χ2v) is 5.39. The minimum absolute atomic E-state index is 0.0936. The zero-order valence-electron chi connectivity index (χ0n) is 14.3. The van der Waals surface area contributed by atoms with Crippen LogP contribution in [0, 0.1) is 0 Å². The van der Waals surface area contributed by atoms with Crippen molar-refractivity contribution in [2.75, 3.05) is 52.9 Å². The number of carboxylic acids is 2. The van der Waals surface area contributed by atoms with Crippen molar-refractivity contribution in [3.63, 3.8) is 0 Å². The van der Waals surface area contributed by atoms with E-state index >= 15 is 0 Å². The fourth-order valence-corrected chi connectivity index (χ4v) is 2.16. The van der Waals surface area contributed by atoms with Gasteiger partial charge >= 0.3 is 11.9 Å². The Morgan fingerprint density at radius 1 is 1.04 bits per heavy atom. The summed E-state index contributed by atoms with van der Waals surface area (Å²) in [4.78, 5) is 34.8. The van der Waals surface area contributed by atoms with E-state index in [1.54, 1.807) is 0 Å². The lowest BCUT2D eigenvalue weighted by atomic mass is 10.1. The van der Waals surface area contributed by atoms with Crippen molar-refractivity contribution in [2.45, 2.75) is 18.6 Å². The zero-order valence-corrected chi connectivity index (χ0v) is 14.3. The number of hydrogen-bond acceptors (Lipinski definition) is 8. The number of carbonyl (C=O) groups excluding carboxylic acids is 1. The summed E-state index contributed by atoms with van der Waals surface area (Å²) >= 11 is 0. The molecule has 7 N–H and O–H groups in total. The second-order valence-electron chi connectivity index (χ2n) is 5.39.